The predicted octanol–water partition coefficient (Wildman–Crippen LogP) is 7.67. The van der Waals surface area contributed by atoms with Gasteiger partial charge in [-0.05, 0) is 56.2 Å². The highest BCUT2D eigenvalue weighted by Crippen LogP contribution is 2.15. The van der Waals surface area contributed by atoms with E-state index in [-0.39, 0.29) is 5.91 Å². The van der Waals surface area contributed by atoms with Gasteiger partial charge < -0.3 is 10.1 Å². The number of allylic oxidation sites excluding steroid dienone is 1. The molecule has 0 unspecified atom stereocenters. The molecule has 2 aromatic carbocycles. The summed E-state index contributed by atoms with van der Waals surface area (Å²) in [6.07, 6.45) is 3.93. The topological polar surface area (TPSA) is 38.3 Å². The number of benzene rings is 2. The smallest absolute Gasteiger partial charge is 0.255 e. The molecule has 1 N–H and O–H groups in total. The lowest BCUT2D eigenvalue weighted by Gasteiger charge is -2.07. The van der Waals surface area contributed by atoms with E-state index in [2.05, 4.69) is 25.7 Å². The van der Waals surface area contributed by atoms with Gasteiger partial charge in [-0.3, -0.25) is 4.79 Å². The maximum Gasteiger partial charge on any atom is 0.255 e. The lowest BCUT2D eigenvalue weighted by Crippen LogP contribution is -2.11. The van der Waals surface area contributed by atoms with Gasteiger partial charge in [0.25, 0.3) is 5.91 Å². The molecular weight excluding hydrogens is 346 g/mol. The highest BCUT2D eigenvalue weighted by Gasteiger charge is 2.06. The van der Waals surface area contributed by atoms with Crippen molar-refractivity contribution in [2.75, 3.05) is 11.9 Å². The number of anilines is 1. The summed E-state index contributed by atoms with van der Waals surface area (Å²) in [5.74, 6) is 0.676. The molecule has 0 saturated heterocycles. The van der Waals surface area contributed by atoms with Crippen LogP contribution in [0, 0.1) is 6.92 Å². The Morgan fingerprint density at radius 1 is 0.964 bits per heavy atom. The number of hydrogen-bond acceptors (Lipinski definition) is 2. The molecule has 0 aliphatic heterocycles. The van der Waals surface area contributed by atoms with Crippen LogP contribution in [0.15, 0.2) is 61.2 Å². The SMILES string of the molecule is C=CCC.CC.CC.CCCOc1ccc(C(=O)Nc2ccc(C)cc2)cc1. The number of carbonyl (C=O) groups excluding carboxylic acids is 1. The van der Waals surface area contributed by atoms with Crippen molar-refractivity contribution in [1.82, 2.24) is 0 Å². The van der Waals surface area contributed by atoms with Crippen LogP contribution in [0.25, 0.3) is 0 Å². The minimum absolute atomic E-state index is 0.115. The molecule has 2 aromatic rings. The van der Waals surface area contributed by atoms with Gasteiger partial charge in [0.15, 0.2) is 0 Å². The van der Waals surface area contributed by atoms with Gasteiger partial charge in [-0.15, -0.1) is 6.58 Å². The number of aryl methyl sites for hydroxylation is 1. The van der Waals surface area contributed by atoms with Gasteiger partial charge in [0.2, 0.25) is 0 Å². The van der Waals surface area contributed by atoms with Crippen LogP contribution < -0.4 is 10.1 Å². The fourth-order valence-electron chi connectivity index (χ4n) is 1.76. The molecule has 0 saturated carbocycles. The van der Waals surface area contributed by atoms with Crippen molar-refractivity contribution in [3.63, 3.8) is 0 Å². The van der Waals surface area contributed by atoms with Crippen molar-refractivity contribution < 1.29 is 9.53 Å². The van der Waals surface area contributed by atoms with Gasteiger partial charge in [-0.2, -0.15) is 0 Å². The Morgan fingerprint density at radius 3 is 1.89 bits per heavy atom. The normalized spacial score (nSPS) is 8.54. The quantitative estimate of drug-likeness (QED) is 0.518. The molecule has 3 nitrogen and oxygen atoms in total. The zero-order valence-corrected chi connectivity index (χ0v) is 18.8. The molecule has 0 aliphatic carbocycles. The van der Waals surface area contributed by atoms with Gasteiger partial charge in [0.1, 0.15) is 5.75 Å². The second kappa shape index (κ2) is 19.2. The predicted molar refractivity (Wildman–Crippen MR) is 125 cm³/mol. The first-order valence-corrected chi connectivity index (χ1v) is 10.3. The zero-order valence-electron chi connectivity index (χ0n) is 18.8. The summed E-state index contributed by atoms with van der Waals surface area (Å²) in [6.45, 7) is 18.3. The molecule has 0 fully saturated rings. The molecule has 0 aromatic heterocycles. The van der Waals surface area contributed by atoms with Crippen molar-refractivity contribution in [3.8, 4) is 5.75 Å². The Balaban J connectivity index is 0. The maximum absolute atomic E-state index is 12.1. The molecule has 0 aliphatic rings. The summed E-state index contributed by atoms with van der Waals surface area (Å²) in [5, 5.41) is 2.87. The fraction of sp³-hybridized carbons (Fsp3) is 0.400. The second-order valence-corrected chi connectivity index (χ2v) is 5.39. The minimum Gasteiger partial charge on any atom is -0.494 e. The first kappa shape index (κ1) is 27.7. The Morgan fingerprint density at radius 2 is 1.46 bits per heavy atom. The van der Waals surface area contributed by atoms with E-state index >= 15 is 0 Å². The van der Waals surface area contributed by atoms with Gasteiger partial charge in [0.05, 0.1) is 6.61 Å². The lowest BCUT2D eigenvalue weighted by atomic mass is 10.2. The van der Waals surface area contributed by atoms with Gasteiger partial charge >= 0.3 is 0 Å². The average molecular weight is 386 g/mol. The number of nitrogens with one attached hydrogen (secondary N) is 1. The first-order chi connectivity index (χ1) is 13.6. The van der Waals surface area contributed by atoms with Crippen LogP contribution in [0.3, 0.4) is 0 Å². The van der Waals surface area contributed by atoms with Crippen molar-refractivity contribution in [2.24, 2.45) is 0 Å². The largest absolute Gasteiger partial charge is 0.494 e. The third-order valence-corrected chi connectivity index (χ3v) is 3.19. The summed E-state index contributed by atoms with van der Waals surface area (Å²) in [4.78, 5) is 12.1. The van der Waals surface area contributed by atoms with E-state index in [0.29, 0.717) is 12.2 Å². The van der Waals surface area contributed by atoms with Crippen molar-refractivity contribution in [2.45, 2.75) is 61.3 Å². The van der Waals surface area contributed by atoms with Crippen LogP contribution in [-0.2, 0) is 0 Å². The number of rotatable bonds is 6. The van der Waals surface area contributed by atoms with Crippen LogP contribution in [-0.4, -0.2) is 12.5 Å². The van der Waals surface area contributed by atoms with E-state index in [1.54, 1.807) is 12.1 Å². The molecule has 0 heterocycles. The van der Waals surface area contributed by atoms with Crippen LogP contribution in [0.5, 0.6) is 5.75 Å². The van der Waals surface area contributed by atoms with Crippen LogP contribution >= 0.6 is 0 Å². The van der Waals surface area contributed by atoms with E-state index in [9.17, 15) is 4.79 Å². The van der Waals surface area contributed by atoms with Gasteiger partial charge in [0, 0.05) is 11.3 Å². The van der Waals surface area contributed by atoms with E-state index in [1.807, 2.05) is 77.1 Å². The molecule has 0 radical (unpaired) electrons. The number of amides is 1. The number of ether oxygens (including phenoxy) is 1. The summed E-state index contributed by atoms with van der Waals surface area (Å²) in [5.41, 5.74) is 2.58. The van der Waals surface area contributed by atoms with Crippen LogP contribution in [0.1, 0.15) is 70.3 Å². The second-order valence-electron chi connectivity index (χ2n) is 5.39. The average Bonchev–Trinajstić information content (AvgIpc) is 2.77. The van der Waals surface area contributed by atoms with E-state index in [0.717, 1.165) is 24.3 Å². The lowest BCUT2D eigenvalue weighted by molar-refractivity contribution is 0.102. The molecule has 1 amide bonds. The Bertz CT molecular complexity index is 616. The van der Waals surface area contributed by atoms with E-state index in [4.69, 9.17) is 4.74 Å². The van der Waals surface area contributed by atoms with Crippen LogP contribution in [0.2, 0.25) is 0 Å². The summed E-state index contributed by atoms with van der Waals surface area (Å²) in [6, 6.07) is 14.9. The van der Waals surface area contributed by atoms with Gasteiger partial charge in [-0.1, -0.05) is 65.3 Å². The molecule has 0 atom stereocenters. The molecule has 28 heavy (non-hydrogen) atoms. The minimum atomic E-state index is -0.115. The molecule has 0 spiro atoms. The standard InChI is InChI=1S/C17H19NO2.C4H8.2C2H6/c1-3-12-20-16-10-6-14(7-11-16)17(19)18-15-8-4-13(2)5-9-15;1-3-4-2;2*1-2/h4-11H,3,12H2,1-2H3,(H,18,19);3H,1,4H2,2H3;2*1-2H3. The molecule has 156 valence electrons. The van der Waals surface area contributed by atoms with Gasteiger partial charge in [-0.25, -0.2) is 0 Å². The molecular formula is C25H39NO2. The maximum atomic E-state index is 12.1. The summed E-state index contributed by atoms with van der Waals surface area (Å²) in [7, 11) is 0. The molecule has 3 heteroatoms. The van der Waals surface area contributed by atoms with Crippen molar-refractivity contribution in [1.29, 1.82) is 0 Å². The zero-order chi connectivity index (χ0) is 21.8. The highest BCUT2D eigenvalue weighted by atomic mass is 16.5. The monoisotopic (exact) mass is 385 g/mol. The third-order valence-electron chi connectivity index (χ3n) is 3.19. The number of hydrogen-bond donors (Lipinski definition) is 1. The number of carbonyl (C=O) groups is 1. The molecule has 0 bridgehead atoms. The summed E-state index contributed by atoms with van der Waals surface area (Å²) < 4.78 is 5.49. The third kappa shape index (κ3) is 12.7. The first-order valence-electron chi connectivity index (χ1n) is 10.3. The van der Waals surface area contributed by atoms with Crippen LogP contribution in [0.4, 0.5) is 5.69 Å². The Kier molecular flexibility index (Phi) is 19.0. The summed E-state index contributed by atoms with van der Waals surface area (Å²) >= 11 is 0. The highest BCUT2D eigenvalue weighted by molar-refractivity contribution is 6.04. The van der Waals surface area contributed by atoms with Crippen molar-refractivity contribution >= 4 is 11.6 Å². The van der Waals surface area contributed by atoms with E-state index < -0.39 is 0 Å². The van der Waals surface area contributed by atoms with Crippen molar-refractivity contribution in [3.05, 3.63) is 72.3 Å². The fourth-order valence-corrected chi connectivity index (χ4v) is 1.76. The molecule has 2 rings (SSSR count). The Labute approximate surface area is 172 Å². The Hall–Kier alpha value is -2.55. The van der Waals surface area contributed by atoms with E-state index in [1.165, 1.54) is 5.56 Å².